The van der Waals surface area contributed by atoms with Crippen molar-refractivity contribution in [3.8, 4) is 0 Å². The van der Waals surface area contributed by atoms with Crippen molar-refractivity contribution in [2.24, 2.45) is 18.9 Å². The summed E-state index contributed by atoms with van der Waals surface area (Å²) in [5.41, 5.74) is 6.29. The Morgan fingerprint density at radius 2 is 2.35 bits per heavy atom. The predicted molar refractivity (Wildman–Crippen MR) is 64.3 cm³/mol. The molecule has 1 amide bonds. The van der Waals surface area contributed by atoms with Gasteiger partial charge < -0.3 is 11.1 Å². The molecule has 5 nitrogen and oxygen atoms in total. The zero-order valence-corrected chi connectivity index (χ0v) is 10.0. The van der Waals surface area contributed by atoms with Gasteiger partial charge in [0.05, 0.1) is 6.20 Å². The molecular weight excluding hydrogens is 216 g/mol. The molecule has 0 spiro atoms. The third kappa shape index (κ3) is 1.69. The van der Waals surface area contributed by atoms with Crippen LogP contribution in [0.5, 0.6) is 0 Å². The molecule has 0 radical (unpaired) electrons. The minimum atomic E-state index is -0.0758. The Morgan fingerprint density at radius 1 is 1.53 bits per heavy atom. The van der Waals surface area contributed by atoms with E-state index in [4.69, 9.17) is 5.73 Å². The molecule has 92 valence electrons. The Balaban J connectivity index is 1.70. The molecule has 2 bridgehead atoms. The number of aryl methyl sites for hydroxylation is 1. The van der Waals surface area contributed by atoms with Crippen molar-refractivity contribution in [2.45, 2.75) is 31.7 Å². The van der Waals surface area contributed by atoms with Crippen LogP contribution in [0, 0.1) is 11.8 Å². The van der Waals surface area contributed by atoms with E-state index in [9.17, 15) is 4.79 Å². The fourth-order valence-electron chi connectivity index (χ4n) is 3.29. The maximum absolute atomic E-state index is 12.1. The lowest BCUT2D eigenvalue weighted by atomic mass is 9.95. The highest BCUT2D eigenvalue weighted by Gasteiger charge is 2.40. The number of carbonyl (C=O) groups excluding carboxylic acids is 1. The molecule has 0 saturated heterocycles. The van der Waals surface area contributed by atoms with E-state index in [1.54, 1.807) is 7.05 Å². The van der Waals surface area contributed by atoms with Crippen LogP contribution in [0.1, 0.15) is 36.0 Å². The van der Waals surface area contributed by atoms with E-state index < -0.39 is 0 Å². The highest BCUT2D eigenvalue weighted by atomic mass is 16.1. The summed E-state index contributed by atoms with van der Waals surface area (Å²) in [4.78, 5) is 12.1. The number of nitrogen functional groups attached to an aromatic ring is 1. The third-order valence-corrected chi connectivity index (χ3v) is 4.28. The average Bonchev–Trinajstić information content (AvgIpc) is 2.96. The SMILES string of the molecule is Cn1ncc(C(=O)NC2CC3CCC2C3)c1N. The molecule has 0 aliphatic heterocycles. The van der Waals surface area contributed by atoms with E-state index in [1.807, 2.05) is 0 Å². The van der Waals surface area contributed by atoms with Gasteiger partial charge in [0.15, 0.2) is 0 Å². The van der Waals surface area contributed by atoms with Gasteiger partial charge >= 0.3 is 0 Å². The monoisotopic (exact) mass is 234 g/mol. The fourth-order valence-corrected chi connectivity index (χ4v) is 3.29. The molecule has 2 fully saturated rings. The molecule has 1 heterocycles. The summed E-state index contributed by atoms with van der Waals surface area (Å²) in [6, 6.07) is 0.348. The van der Waals surface area contributed by atoms with E-state index in [2.05, 4.69) is 10.4 Å². The Hall–Kier alpha value is -1.52. The molecule has 3 N–H and O–H groups in total. The Bertz CT molecular complexity index is 453. The minimum Gasteiger partial charge on any atom is -0.383 e. The van der Waals surface area contributed by atoms with Crippen molar-refractivity contribution in [3.05, 3.63) is 11.8 Å². The number of nitrogens with zero attached hydrogens (tertiary/aromatic N) is 2. The number of rotatable bonds is 2. The standard InChI is InChI=1S/C12H18N4O/c1-16-11(13)9(6-14-16)12(17)15-10-5-7-2-3-8(10)4-7/h6-8,10H,2-5,13H2,1H3,(H,15,17). The number of carbonyl (C=O) groups is 1. The van der Waals surface area contributed by atoms with Gasteiger partial charge in [0, 0.05) is 13.1 Å². The number of fused-ring (bicyclic) bond motifs is 2. The summed E-state index contributed by atoms with van der Waals surface area (Å²) >= 11 is 0. The van der Waals surface area contributed by atoms with Gasteiger partial charge in [0.2, 0.25) is 0 Å². The van der Waals surface area contributed by atoms with Crippen LogP contribution in [0.3, 0.4) is 0 Å². The lowest BCUT2D eigenvalue weighted by Crippen LogP contribution is -2.38. The topological polar surface area (TPSA) is 72.9 Å². The van der Waals surface area contributed by atoms with E-state index in [0.717, 1.165) is 12.3 Å². The third-order valence-electron chi connectivity index (χ3n) is 4.28. The number of nitrogens with one attached hydrogen (secondary N) is 1. The van der Waals surface area contributed by atoms with Crippen molar-refractivity contribution in [1.29, 1.82) is 0 Å². The second kappa shape index (κ2) is 3.75. The normalized spacial score (nSPS) is 30.8. The zero-order valence-electron chi connectivity index (χ0n) is 10.0. The zero-order chi connectivity index (χ0) is 12.0. The summed E-state index contributed by atoms with van der Waals surface area (Å²) in [7, 11) is 1.74. The van der Waals surface area contributed by atoms with Crippen LogP contribution in [-0.4, -0.2) is 21.7 Å². The number of hydrogen-bond donors (Lipinski definition) is 2. The number of hydrogen-bond acceptors (Lipinski definition) is 3. The molecule has 3 rings (SSSR count). The molecule has 0 aromatic carbocycles. The van der Waals surface area contributed by atoms with Gasteiger partial charge in [-0.15, -0.1) is 0 Å². The molecule has 2 saturated carbocycles. The molecule has 3 atom stereocenters. The number of aromatic nitrogens is 2. The molecular formula is C12H18N4O. The van der Waals surface area contributed by atoms with Crippen LogP contribution < -0.4 is 11.1 Å². The van der Waals surface area contributed by atoms with Gasteiger partial charge in [-0.3, -0.25) is 9.48 Å². The van der Waals surface area contributed by atoms with Gasteiger partial charge in [-0.05, 0) is 31.1 Å². The quantitative estimate of drug-likeness (QED) is 0.799. The molecule has 2 aliphatic rings. The predicted octanol–water partition coefficient (Wildman–Crippen LogP) is 0.921. The first-order valence-electron chi connectivity index (χ1n) is 6.23. The summed E-state index contributed by atoms with van der Waals surface area (Å²) in [6.07, 6.45) is 6.56. The molecule has 5 heteroatoms. The lowest BCUT2D eigenvalue weighted by molar-refractivity contribution is 0.0924. The van der Waals surface area contributed by atoms with Crippen molar-refractivity contribution in [3.63, 3.8) is 0 Å². The maximum atomic E-state index is 12.1. The summed E-state index contributed by atoms with van der Waals surface area (Å²) in [6.45, 7) is 0. The van der Waals surface area contributed by atoms with E-state index >= 15 is 0 Å². The summed E-state index contributed by atoms with van der Waals surface area (Å²) in [5, 5.41) is 7.10. The Kier molecular flexibility index (Phi) is 2.34. The Labute approximate surface area is 100 Å². The first-order valence-corrected chi connectivity index (χ1v) is 6.23. The van der Waals surface area contributed by atoms with Gasteiger partial charge in [-0.25, -0.2) is 0 Å². The van der Waals surface area contributed by atoms with E-state index in [-0.39, 0.29) is 5.91 Å². The second-order valence-corrected chi connectivity index (χ2v) is 5.32. The molecule has 2 aliphatic carbocycles. The largest absolute Gasteiger partial charge is 0.383 e. The van der Waals surface area contributed by atoms with E-state index in [0.29, 0.717) is 23.3 Å². The van der Waals surface area contributed by atoms with Gasteiger partial charge in [0.1, 0.15) is 11.4 Å². The second-order valence-electron chi connectivity index (χ2n) is 5.32. The first kappa shape index (κ1) is 10.6. The van der Waals surface area contributed by atoms with Crippen molar-refractivity contribution < 1.29 is 4.79 Å². The van der Waals surface area contributed by atoms with Gasteiger partial charge in [0.25, 0.3) is 5.91 Å². The molecule has 1 aromatic heterocycles. The number of anilines is 1. The average molecular weight is 234 g/mol. The molecule has 1 aromatic rings. The minimum absolute atomic E-state index is 0.0758. The van der Waals surface area contributed by atoms with Crippen molar-refractivity contribution in [1.82, 2.24) is 15.1 Å². The highest BCUT2D eigenvalue weighted by Crippen LogP contribution is 2.44. The number of nitrogens with two attached hydrogens (primary N) is 1. The van der Waals surface area contributed by atoms with E-state index in [1.165, 1.54) is 30.1 Å². The van der Waals surface area contributed by atoms with Crippen molar-refractivity contribution >= 4 is 11.7 Å². The van der Waals surface area contributed by atoms with Gasteiger partial charge in [-0.2, -0.15) is 5.10 Å². The maximum Gasteiger partial charge on any atom is 0.256 e. The van der Waals surface area contributed by atoms with Gasteiger partial charge in [-0.1, -0.05) is 6.42 Å². The van der Waals surface area contributed by atoms with Crippen LogP contribution in [0.4, 0.5) is 5.82 Å². The summed E-state index contributed by atoms with van der Waals surface area (Å²) < 4.78 is 1.52. The molecule has 17 heavy (non-hydrogen) atoms. The summed E-state index contributed by atoms with van der Waals surface area (Å²) in [5.74, 6) is 1.87. The lowest BCUT2D eigenvalue weighted by Gasteiger charge is -2.22. The fraction of sp³-hybridized carbons (Fsp3) is 0.667. The Morgan fingerprint density at radius 3 is 2.88 bits per heavy atom. The van der Waals surface area contributed by atoms with Crippen LogP contribution in [0.25, 0.3) is 0 Å². The highest BCUT2D eigenvalue weighted by molar-refractivity contribution is 5.98. The smallest absolute Gasteiger partial charge is 0.256 e. The first-order chi connectivity index (χ1) is 8.15. The van der Waals surface area contributed by atoms with Crippen LogP contribution in [0.2, 0.25) is 0 Å². The van der Waals surface area contributed by atoms with Crippen LogP contribution >= 0.6 is 0 Å². The van der Waals surface area contributed by atoms with Crippen LogP contribution in [0.15, 0.2) is 6.20 Å². The molecule has 3 unspecified atom stereocenters. The van der Waals surface area contributed by atoms with Crippen molar-refractivity contribution in [2.75, 3.05) is 5.73 Å². The number of amides is 1. The van der Waals surface area contributed by atoms with Crippen LogP contribution in [-0.2, 0) is 7.05 Å².